The van der Waals surface area contributed by atoms with E-state index in [1.54, 1.807) is 36.4 Å². The number of hydrogen-bond donors (Lipinski definition) is 1. The molecule has 0 bridgehead atoms. The molecular weight excluding hydrogens is 680 g/mol. The van der Waals surface area contributed by atoms with Crippen molar-refractivity contribution in [2.24, 2.45) is 0 Å². The second-order valence-corrected chi connectivity index (χ2v) is 11.1. The molecule has 1 aliphatic rings. The van der Waals surface area contributed by atoms with E-state index >= 15 is 0 Å². The van der Waals surface area contributed by atoms with E-state index in [1.165, 1.54) is 6.08 Å². The first kappa shape index (κ1) is 30.6. The number of hydrogen-bond acceptors (Lipinski definition) is 6. The van der Waals surface area contributed by atoms with E-state index in [2.05, 4.69) is 37.2 Å². The van der Waals surface area contributed by atoms with Crippen LogP contribution in [-0.2, 0) is 22.7 Å². The summed E-state index contributed by atoms with van der Waals surface area (Å²) in [5, 5.41) is 2.81. The lowest BCUT2D eigenvalue weighted by molar-refractivity contribution is -0.130. The Kier molecular flexibility index (Phi) is 10.5. The van der Waals surface area contributed by atoms with Gasteiger partial charge >= 0.3 is 6.03 Å². The lowest BCUT2D eigenvalue weighted by Crippen LogP contribution is -2.53. The minimum absolute atomic E-state index is 0.0819. The lowest BCUT2D eigenvalue weighted by atomic mass is 10.1. The second kappa shape index (κ2) is 14.0. The Morgan fingerprint density at radius 3 is 2.46 bits per heavy atom. The Morgan fingerprint density at radius 2 is 1.73 bits per heavy atom. The van der Waals surface area contributed by atoms with E-state index in [1.807, 2.05) is 32.0 Å². The molecule has 1 heterocycles. The number of rotatable bonds is 11. The first-order valence-electron chi connectivity index (χ1n) is 12.8. The van der Waals surface area contributed by atoms with Crippen LogP contribution >= 0.6 is 43.5 Å². The summed E-state index contributed by atoms with van der Waals surface area (Å²) in [6, 6.07) is 15.2. The number of urea groups is 1. The molecule has 41 heavy (non-hydrogen) atoms. The van der Waals surface area contributed by atoms with Gasteiger partial charge in [0.2, 0.25) is 0 Å². The molecule has 4 amide bonds. The smallest absolute Gasteiger partial charge is 0.331 e. The molecule has 3 aromatic rings. The van der Waals surface area contributed by atoms with Gasteiger partial charge in [0.15, 0.2) is 11.5 Å². The van der Waals surface area contributed by atoms with E-state index < -0.39 is 17.8 Å². The van der Waals surface area contributed by atoms with E-state index in [0.717, 1.165) is 16.9 Å². The summed E-state index contributed by atoms with van der Waals surface area (Å²) in [6.45, 7) is 4.87. The molecule has 214 valence electrons. The predicted molar refractivity (Wildman–Crippen MR) is 163 cm³/mol. The highest BCUT2D eigenvalue weighted by molar-refractivity contribution is 9.11. The van der Waals surface area contributed by atoms with Crippen LogP contribution in [0.1, 0.15) is 37.0 Å². The van der Waals surface area contributed by atoms with Crippen molar-refractivity contribution in [1.82, 2.24) is 10.2 Å². The van der Waals surface area contributed by atoms with Gasteiger partial charge in [-0.1, -0.05) is 58.7 Å². The molecule has 8 nitrogen and oxygen atoms in total. The standard InChI is InChI=1S/C30H27Br2ClN2O6/c1-3-11-40-25-10-9-18(12-26(25)39-4-2)16-35-29(37)22(28(36)34-30(35)38)14-20-13-21(31)15-23(32)27(20)41-17-19-7-5-6-8-24(19)33/h5-10,12-15H,3-4,11,16-17H2,1-2H3,(H,34,36,38)/b22-14+. The zero-order valence-electron chi connectivity index (χ0n) is 22.3. The third-order valence-electron chi connectivity index (χ3n) is 5.96. The van der Waals surface area contributed by atoms with Crippen molar-refractivity contribution in [2.75, 3.05) is 13.2 Å². The van der Waals surface area contributed by atoms with Gasteiger partial charge in [0.25, 0.3) is 11.8 Å². The summed E-state index contributed by atoms with van der Waals surface area (Å²) < 4.78 is 18.8. The fourth-order valence-corrected chi connectivity index (χ4v) is 5.59. The topological polar surface area (TPSA) is 94.2 Å². The van der Waals surface area contributed by atoms with Crippen molar-refractivity contribution in [1.29, 1.82) is 0 Å². The molecule has 11 heteroatoms. The molecule has 0 aromatic heterocycles. The van der Waals surface area contributed by atoms with Gasteiger partial charge in [0.05, 0.1) is 24.2 Å². The zero-order valence-corrected chi connectivity index (χ0v) is 26.3. The molecule has 0 aliphatic carbocycles. The fourth-order valence-electron chi connectivity index (χ4n) is 4.03. The summed E-state index contributed by atoms with van der Waals surface area (Å²) in [6.07, 6.45) is 2.24. The van der Waals surface area contributed by atoms with Crippen LogP contribution in [0.15, 0.2) is 69.1 Å². The van der Waals surface area contributed by atoms with Crippen LogP contribution in [-0.4, -0.2) is 36.0 Å². The maximum atomic E-state index is 13.5. The Hall–Kier alpha value is -3.34. The molecule has 1 N–H and O–H groups in total. The van der Waals surface area contributed by atoms with Crippen molar-refractivity contribution in [3.63, 3.8) is 0 Å². The summed E-state index contributed by atoms with van der Waals surface area (Å²) in [7, 11) is 0. The van der Waals surface area contributed by atoms with Crippen LogP contribution in [0.3, 0.4) is 0 Å². The summed E-state index contributed by atoms with van der Waals surface area (Å²) in [5.41, 5.74) is 1.62. The molecule has 0 spiro atoms. The number of nitrogens with zero attached hydrogens (tertiary/aromatic N) is 1. The largest absolute Gasteiger partial charge is 0.490 e. The highest BCUT2D eigenvalue weighted by Crippen LogP contribution is 2.36. The van der Waals surface area contributed by atoms with Gasteiger partial charge in [0, 0.05) is 20.6 Å². The number of benzene rings is 3. The molecule has 0 radical (unpaired) electrons. The fraction of sp³-hybridized carbons (Fsp3) is 0.233. The number of nitrogens with one attached hydrogen (secondary N) is 1. The van der Waals surface area contributed by atoms with Gasteiger partial charge in [-0.3, -0.25) is 19.8 Å². The highest BCUT2D eigenvalue weighted by Gasteiger charge is 2.36. The third-order valence-corrected chi connectivity index (χ3v) is 7.38. The van der Waals surface area contributed by atoms with Crippen LogP contribution in [0.5, 0.6) is 17.2 Å². The van der Waals surface area contributed by atoms with Crippen LogP contribution in [0.2, 0.25) is 5.02 Å². The van der Waals surface area contributed by atoms with Crippen molar-refractivity contribution in [2.45, 2.75) is 33.4 Å². The zero-order chi connectivity index (χ0) is 29.5. The van der Waals surface area contributed by atoms with E-state index in [0.29, 0.717) is 55.6 Å². The van der Waals surface area contributed by atoms with Gasteiger partial charge in [0.1, 0.15) is 17.9 Å². The summed E-state index contributed by atoms with van der Waals surface area (Å²) >= 11 is 13.2. The third kappa shape index (κ3) is 7.49. The van der Waals surface area contributed by atoms with Crippen LogP contribution in [0.4, 0.5) is 4.79 Å². The van der Waals surface area contributed by atoms with Gasteiger partial charge in [-0.05, 0) is 71.2 Å². The molecule has 0 unspecified atom stereocenters. The Morgan fingerprint density at radius 1 is 0.951 bits per heavy atom. The molecule has 3 aromatic carbocycles. The van der Waals surface area contributed by atoms with Gasteiger partial charge in [-0.25, -0.2) is 4.79 Å². The van der Waals surface area contributed by atoms with Crippen LogP contribution in [0, 0.1) is 0 Å². The number of amides is 4. The first-order chi connectivity index (χ1) is 19.7. The molecule has 1 fully saturated rings. The average molecular weight is 707 g/mol. The number of carbonyl (C=O) groups is 3. The molecule has 4 rings (SSSR count). The maximum Gasteiger partial charge on any atom is 0.331 e. The number of carbonyl (C=O) groups excluding carboxylic acids is 3. The van der Waals surface area contributed by atoms with Gasteiger partial charge < -0.3 is 14.2 Å². The Labute approximate surface area is 259 Å². The normalized spacial score (nSPS) is 14.3. The molecule has 0 saturated carbocycles. The molecule has 1 saturated heterocycles. The molecule has 1 aliphatic heterocycles. The maximum absolute atomic E-state index is 13.5. The monoisotopic (exact) mass is 704 g/mol. The minimum Gasteiger partial charge on any atom is -0.490 e. The molecular formula is C30H27Br2ClN2O6. The average Bonchev–Trinajstić information content (AvgIpc) is 2.93. The quantitative estimate of drug-likeness (QED) is 0.166. The van der Waals surface area contributed by atoms with Crippen LogP contribution in [0.25, 0.3) is 6.08 Å². The number of halogens is 3. The van der Waals surface area contributed by atoms with Crippen molar-refractivity contribution in [3.8, 4) is 17.2 Å². The summed E-state index contributed by atoms with van der Waals surface area (Å²) in [5.74, 6) is -0.0609. The lowest BCUT2D eigenvalue weighted by Gasteiger charge is -2.27. The number of ether oxygens (including phenoxy) is 3. The van der Waals surface area contributed by atoms with Gasteiger partial charge in [-0.15, -0.1) is 0 Å². The van der Waals surface area contributed by atoms with Crippen molar-refractivity contribution < 1.29 is 28.6 Å². The second-order valence-electron chi connectivity index (χ2n) is 8.96. The van der Waals surface area contributed by atoms with Crippen molar-refractivity contribution in [3.05, 3.63) is 90.8 Å². The van der Waals surface area contributed by atoms with E-state index in [9.17, 15) is 14.4 Å². The van der Waals surface area contributed by atoms with E-state index in [-0.39, 0.29) is 18.7 Å². The summed E-state index contributed by atoms with van der Waals surface area (Å²) in [4.78, 5) is 40.1. The Balaban J connectivity index is 1.63. The molecule has 0 atom stereocenters. The predicted octanol–water partition coefficient (Wildman–Crippen LogP) is 7.29. The van der Waals surface area contributed by atoms with E-state index in [4.69, 9.17) is 25.8 Å². The highest BCUT2D eigenvalue weighted by atomic mass is 79.9. The number of barbiturate groups is 1. The van der Waals surface area contributed by atoms with Crippen LogP contribution < -0.4 is 19.5 Å². The van der Waals surface area contributed by atoms with Gasteiger partial charge in [-0.2, -0.15) is 0 Å². The minimum atomic E-state index is -0.813. The first-order valence-corrected chi connectivity index (χ1v) is 14.8. The SMILES string of the molecule is CCCOc1ccc(CN2C(=O)NC(=O)/C(=C\c3cc(Br)cc(Br)c3OCc3ccccc3Cl)C2=O)cc1OCC. The Bertz CT molecular complexity index is 1510. The number of imide groups is 2. The van der Waals surface area contributed by atoms with Crippen molar-refractivity contribution >= 4 is 67.4 Å².